The number of hydrogen-bond acceptors (Lipinski definition) is 4. The van der Waals surface area contributed by atoms with Gasteiger partial charge in [-0.25, -0.2) is 4.79 Å². The van der Waals surface area contributed by atoms with E-state index in [-0.39, 0.29) is 5.63 Å². The maximum absolute atomic E-state index is 12.9. The van der Waals surface area contributed by atoms with E-state index in [9.17, 15) is 4.79 Å². The van der Waals surface area contributed by atoms with Gasteiger partial charge in [-0.1, -0.05) is 46.3 Å². The van der Waals surface area contributed by atoms with Crippen LogP contribution < -0.4 is 15.4 Å². The molecule has 4 aromatic rings. The zero-order valence-electron chi connectivity index (χ0n) is 15.0. The van der Waals surface area contributed by atoms with Crippen LogP contribution in [0.5, 0.6) is 0 Å². The molecule has 0 unspecified atom stereocenters. The molecule has 1 aliphatic heterocycles. The molecule has 0 N–H and O–H groups in total. The molecule has 0 bridgehead atoms. The fourth-order valence-corrected chi connectivity index (χ4v) is 4.01. The highest BCUT2D eigenvalue weighted by atomic mass is 79.9. The molecule has 0 spiro atoms. The fraction of sp³-hybridized carbons (Fsp3) is 0.0870. The minimum absolute atomic E-state index is 0.281. The third kappa shape index (κ3) is 2.88. The van der Waals surface area contributed by atoms with E-state index in [0.717, 1.165) is 26.9 Å². The predicted molar refractivity (Wildman–Crippen MR) is 116 cm³/mol. The van der Waals surface area contributed by atoms with Crippen molar-refractivity contribution < 1.29 is 4.42 Å². The molecule has 2 heterocycles. The van der Waals surface area contributed by atoms with Gasteiger partial charge in [0.25, 0.3) is 0 Å². The summed E-state index contributed by atoms with van der Waals surface area (Å²) in [6.45, 7) is 1.16. The van der Waals surface area contributed by atoms with Gasteiger partial charge in [0.2, 0.25) is 0 Å². The first kappa shape index (κ1) is 17.1. The van der Waals surface area contributed by atoms with E-state index < -0.39 is 0 Å². The lowest BCUT2D eigenvalue weighted by Gasteiger charge is -2.39. The van der Waals surface area contributed by atoms with Crippen molar-refractivity contribution in [2.24, 2.45) is 0 Å². The highest BCUT2D eigenvalue weighted by molar-refractivity contribution is 9.10. The third-order valence-electron chi connectivity index (χ3n) is 5.07. The smallest absolute Gasteiger partial charge is 0.343 e. The number of para-hydroxylation sites is 2. The minimum Gasteiger partial charge on any atom is -0.422 e. The van der Waals surface area contributed by atoms with Gasteiger partial charge >= 0.3 is 5.63 Å². The Morgan fingerprint density at radius 2 is 1.54 bits per heavy atom. The number of rotatable bonds is 2. The molecule has 5 heteroatoms. The second kappa shape index (κ2) is 6.84. The molecule has 0 aliphatic carbocycles. The summed E-state index contributed by atoms with van der Waals surface area (Å²) in [5.41, 5.74) is 4.04. The van der Waals surface area contributed by atoms with E-state index in [0.29, 0.717) is 24.4 Å². The first-order chi connectivity index (χ1) is 13.7. The molecule has 5 rings (SSSR count). The Labute approximate surface area is 170 Å². The number of nitrogens with zero attached hydrogens (tertiary/aromatic N) is 2. The molecular weight excluding hydrogens is 416 g/mol. The Hall–Kier alpha value is -3.05. The van der Waals surface area contributed by atoms with Gasteiger partial charge < -0.3 is 14.2 Å². The first-order valence-electron chi connectivity index (χ1n) is 9.08. The largest absolute Gasteiger partial charge is 0.422 e. The molecule has 0 saturated carbocycles. The molecule has 4 nitrogen and oxygen atoms in total. The highest BCUT2D eigenvalue weighted by Crippen LogP contribution is 2.39. The number of hydrogen-bond donors (Lipinski definition) is 0. The summed E-state index contributed by atoms with van der Waals surface area (Å²) in [5, 5.41) is 0.952. The van der Waals surface area contributed by atoms with Crippen molar-refractivity contribution >= 4 is 44.0 Å². The normalized spacial score (nSPS) is 13.6. The van der Waals surface area contributed by atoms with Gasteiger partial charge in [0.05, 0.1) is 24.5 Å². The van der Waals surface area contributed by atoms with Gasteiger partial charge in [-0.3, -0.25) is 0 Å². The maximum atomic E-state index is 12.9. The summed E-state index contributed by atoms with van der Waals surface area (Å²) in [7, 11) is 0. The summed E-state index contributed by atoms with van der Waals surface area (Å²) in [6, 6.07) is 26.0. The third-order valence-corrected chi connectivity index (χ3v) is 5.60. The van der Waals surface area contributed by atoms with Gasteiger partial charge in [-0.2, -0.15) is 0 Å². The van der Waals surface area contributed by atoms with E-state index >= 15 is 0 Å². The van der Waals surface area contributed by atoms with Crippen LogP contribution in [0.25, 0.3) is 11.0 Å². The van der Waals surface area contributed by atoms with Crippen molar-refractivity contribution in [2.75, 3.05) is 16.5 Å². The van der Waals surface area contributed by atoms with Gasteiger partial charge in [0, 0.05) is 21.2 Å². The van der Waals surface area contributed by atoms with Crippen LogP contribution in [0.4, 0.5) is 17.1 Å². The molecule has 1 aromatic heterocycles. The summed E-state index contributed by atoms with van der Waals surface area (Å²) in [4.78, 5) is 17.2. The van der Waals surface area contributed by atoms with E-state index in [2.05, 4.69) is 50.0 Å². The predicted octanol–water partition coefficient (Wildman–Crippen LogP) is 5.67. The zero-order chi connectivity index (χ0) is 19.1. The first-order valence-corrected chi connectivity index (χ1v) is 9.88. The van der Waals surface area contributed by atoms with Crippen LogP contribution in [0.3, 0.4) is 0 Å². The number of anilines is 3. The minimum atomic E-state index is -0.281. The molecule has 3 aromatic carbocycles. The maximum Gasteiger partial charge on any atom is 0.343 e. The molecular formula is C23H17BrN2O2. The topological polar surface area (TPSA) is 36.7 Å². The van der Waals surface area contributed by atoms with Crippen molar-refractivity contribution in [1.29, 1.82) is 0 Å². The van der Waals surface area contributed by atoms with E-state index in [1.807, 2.05) is 54.6 Å². The number of fused-ring (bicyclic) bond motifs is 3. The van der Waals surface area contributed by atoms with Gasteiger partial charge in [-0.15, -0.1) is 0 Å². The molecule has 0 fully saturated rings. The van der Waals surface area contributed by atoms with Crippen LogP contribution in [-0.4, -0.2) is 6.67 Å². The summed E-state index contributed by atoms with van der Waals surface area (Å²) < 4.78 is 6.65. The van der Waals surface area contributed by atoms with Crippen molar-refractivity contribution in [3.05, 3.63) is 99.3 Å². The molecule has 0 amide bonds. The lowest BCUT2D eigenvalue weighted by atomic mass is 10.1. The fourth-order valence-electron chi connectivity index (χ4n) is 3.75. The van der Waals surface area contributed by atoms with E-state index in [1.54, 1.807) is 0 Å². The highest BCUT2D eigenvalue weighted by Gasteiger charge is 2.29. The van der Waals surface area contributed by atoms with Crippen LogP contribution in [0, 0.1) is 0 Å². The Kier molecular flexibility index (Phi) is 4.17. The van der Waals surface area contributed by atoms with Crippen LogP contribution in [0.1, 0.15) is 5.56 Å². The molecule has 28 heavy (non-hydrogen) atoms. The standard InChI is InChI=1S/C23H17BrN2O2/c24-16-10-12-18(13-11-16)26-15-25(17-6-2-1-3-7-17)14-20-22(26)19-8-4-5-9-21(19)28-23(20)27/h1-13H,14-15H2. The Morgan fingerprint density at radius 3 is 2.32 bits per heavy atom. The molecule has 138 valence electrons. The monoisotopic (exact) mass is 432 g/mol. The second-order valence-corrected chi connectivity index (χ2v) is 7.71. The summed E-state index contributed by atoms with van der Waals surface area (Å²) in [5.74, 6) is 0. The zero-order valence-corrected chi connectivity index (χ0v) is 16.6. The molecule has 1 aliphatic rings. The molecule has 0 radical (unpaired) electrons. The van der Waals surface area contributed by atoms with Crippen molar-refractivity contribution in [3.63, 3.8) is 0 Å². The van der Waals surface area contributed by atoms with Crippen molar-refractivity contribution in [3.8, 4) is 0 Å². The Balaban J connectivity index is 1.75. The van der Waals surface area contributed by atoms with Crippen molar-refractivity contribution in [2.45, 2.75) is 6.54 Å². The van der Waals surface area contributed by atoms with Gasteiger partial charge in [0.1, 0.15) is 5.58 Å². The SMILES string of the molecule is O=c1oc2ccccc2c2c1CN(c1ccccc1)CN2c1ccc(Br)cc1. The molecule has 0 saturated heterocycles. The lowest BCUT2D eigenvalue weighted by molar-refractivity contribution is 0.543. The lowest BCUT2D eigenvalue weighted by Crippen LogP contribution is -2.42. The summed E-state index contributed by atoms with van der Waals surface area (Å²) >= 11 is 3.51. The van der Waals surface area contributed by atoms with Crippen molar-refractivity contribution in [1.82, 2.24) is 0 Å². The second-order valence-electron chi connectivity index (χ2n) is 6.79. The quantitative estimate of drug-likeness (QED) is 0.382. The number of benzene rings is 3. The van der Waals surface area contributed by atoms with Crippen LogP contribution >= 0.6 is 15.9 Å². The summed E-state index contributed by atoms with van der Waals surface area (Å²) in [6.07, 6.45) is 0. The average Bonchev–Trinajstić information content (AvgIpc) is 2.74. The van der Waals surface area contributed by atoms with E-state index in [4.69, 9.17) is 4.42 Å². The van der Waals surface area contributed by atoms with Crippen LogP contribution in [0.2, 0.25) is 0 Å². The van der Waals surface area contributed by atoms with Gasteiger partial charge in [-0.05, 0) is 48.5 Å². The Bertz CT molecular complexity index is 1200. The molecule has 0 atom stereocenters. The average molecular weight is 433 g/mol. The van der Waals surface area contributed by atoms with Crippen LogP contribution in [-0.2, 0) is 6.54 Å². The van der Waals surface area contributed by atoms with E-state index in [1.165, 1.54) is 0 Å². The van der Waals surface area contributed by atoms with Crippen LogP contribution in [0.15, 0.2) is 92.5 Å². The van der Waals surface area contributed by atoms with Gasteiger partial charge in [0.15, 0.2) is 0 Å². The number of halogens is 1. The Morgan fingerprint density at radius 1 is 0.821 bits per heavy atom.